The number of amidine groups is 1. The van der Waals surface area contributed by atoms with Gasteiger partial charge in [-0.25, -0.2) is 0 Å². The summed E-state index contributed by atoms with van der Waals surface area (Å²) in [6.45, 7) is 6.67. The lowest BCUT2D eigenvalue weighted by molar-refractivity contribution is -0.122. The van der Waals surface area contributed by atoms with E-state index in [0.29, 0.717) is 28.3 Å². The van der Waals surface area contributed by atoms with Crippen LogP contribution in [0.4, 0.5) is 5.69 Å². The summed E-state index contributed by atoms with van der Waals surface area (Å²) in [5.41, 5.74) is 1.57. The molecule has 1 saturated heterocycles. The van der Waals surface area contributed by atoms with Crippen molar-refractivity contribution in [3.05, 3.63) is 28.8 Å². The topological polar surface area (TPSA) is 70.6 Å². The molecule has 1 unspecified atom stereocenters. The van der Waals surface area contributed by atoms with Gasteiger partial charge in [0.2, 0.25) is 11.8 Å². The van der Waals surface area contributed by atoms with Crippen LogP contribution in [0.15, 0.2) is 23.2 Å². The Kier molecular flexibility index (Phi) is 6.07. The van der Waals surface area contributed by atoms with Gasteiger partial charge in [0.25, 0.3) is 0 Å². The van der Waals surface area contributed by atoms with Crippen LogP contribution in [0.5, 0.6) is 0 Å². The van der Waals surface area contributed by atoms with Crippen molar-refractivity contribution in [1.82, 2.24) is 5.32 Å². The van der Waals surface area contributed by atoms with Gasteiger partial charge in [-0.3, -0.25) is 14.6 Å². The van der Waals surface area contributed by atoms with Crippen molar-refractivity contribution >= 4 is 46.0 Å². The fraction of sp³-hybridized carbons (Fsp3) is 0.438. The normalized spacial score (nSPS) is 19.3. The van der Waals surface area contributed by atoms with Gasteiger partial charge < -0.3 is 10.6 Å². The third kappa shape index (κ3) is 5.25. The molecule has 1 aliphatic heterocycles. The van der Waals surface area contributed by atoms with E-state index in [-0.39, 0.29) is 18.2 Å². The first-order valence-corrected chi connectivity index (χ1v) is 8.69. The SMILES string of the molecule is Cc1ccc(NC(=O)CC2SC(=NCC(C)C)NC2=O)cc1Cl. The van der Waals surface area contributed by atoms with Crippen molar-refractivity contribution in [2.45, 2.75) is 32.4 Å². The van der Waals surface area contributed by atoms with Gasteiger partial charge in [0.05, 0.1) is 0 Å². The largest absolute Gasteiger partial charge is 0.326 e. The second-order valence-corrected chi connectivity index (χ2v) is 7.45. The molecule has 0 aliphatic carbocycles. The molecule has 2 amide bonds. The molecule has 0 saturated carbocycles. The summed E-state index contributed by atoms with van der Waals surface area (Å²) >= 11 is 7.34. The quantitative estimate of drug-likeness (QED) is 0.853. The fourth-order valence-corrected chi connectivity index (χ4v) is 3.09. The van der Waals surface area contributed by atoms with Crippen molar-refractivity contribution < 1.29 is 9.59 Å². The van der Waals surface area contributed by atoms with E-state index in [1.165, 1.54) is 11.8 Å². The minimum Gasteiger partial charge on any atom is -0.326 e. The van der Waals surface area contributed by atoms with Crippen LogP contribution in [0.2, 0.25) is 5.02 Å². The van der Waals surface area contributed by atoms with Gasteiger partial charge in [-0.05, 0) is 30.5 Å². The van der Waals surface area contributed by atoms with Crippen molar-refractivity contribution in [3.8, 4) is 0 Å². The Balaban J connectivity index is 1.91. The first-order chi connectivity index (χ1) is 10.8. The van der Waals surface area contributed by atoms with Crippen LogP contribution in [-0.2, 0) is 9.59 Å². The van der Waals surface area contributed by atoms with Gasteiger partial charge in [0.15, 0.2) is 5.17 Å². The number of rotatable bonds is 5. The third-order valence-corrected chi connectivity index (χ3v) is 4.73. The van der Waals surface area contributed by atoms with Gasteiger partial charge >= 0.3 is 0 Å². The van der Waals surface area contributed by atoms with Gasteiger partial charge in [-0.15, -0.1) is 0 Å². The molecule has 0 spiro atoms. The van der Waals surface area contributed by atoms with E-state index in [1.54, 1.807) is 12.1 Å². The molecular weight excluding hydrogens is 334 g/mol. The summed E-state index contributed by atoms with van der Waals surface area (Å²) in [4.78, 5) is 28.3. The van der Waals surface area contributed by atoms with Crippen LogP contribution in [-0.4, -0.2) is 28.8 Å². The molecule has 2 N–H and O–H groups in total. The number of carbonyl (C=O) groups is 2. The first kappa shape index (κ1) is 17.8. The molecule has 1 fully saturated rings. The van der Waals surface area contributed by atoms with Crippen molar-refractivity contribution in [2.24, 2.45) is 10.9 Å². The molecule has 5 nitrogen and oxygen atoms in total. The number of hydrogen-bond donors (Lipinski definition) is 2. The van der Waals surface area contributed by atoms with E-state index in [4.69, 9.17) is 11.6 Å². The molecule has 0 aromatic heterocycles. The Bertz CT molecular complexity index is 646. The number of carbonyl (C=O) groups excluding carboxylic acids is 2. The van der Waals surface area contributed by atoms with Crippen molar-refractivity contribution in [3.63, 3.8) is 0 Å². The standard InChI is InChI=1S/C16H20ClN3O2S/c1-9(2)8-18-16-20-15(22)13(23-16)7-14(21)19-11-5-4-10(3)12(17)6-11/h4-6,9,13H,7-8H2,1-3H3,(H,19,21)(H,18,20,22). The molecule has 1 aromatic rings. The molecule has 1 atom stereocenters. The van der Waals surface area contributed by atoms with E-state index in [0.717, 1.165) is 5.56 Å². The predicted molar refractivity (Wildman–Crippen MR) is 96.1 cm³/mol. The number of nitrogens with zero attached hydrogens (tertiary/aromatic N) is 1. The highest BCUT2D eigenvalue weighted by atomic mass is 35.5. The van der Waals surface area contributed by atoms with Crippen LogP contribution in [0.25, 0.3) is 0 Å². The lowest BCUT2D eigenvalue weighted by atomic mass is 10.2. The summed E-state index contributed by atoms with van der Waals surface area (Å²) in [5.74, 6) is 0.0333. The van der Waals surface area contributed by atoms with Gasteiger partial charge in [-0.1, -0.05) is 43.3 Å². The lowest BCUT2D eigenvalue weighted by Crippen LogP contribution is -2.28. The summed E-state index contributed by atoms with van der Waals surface area (Å²) in [5, 5.41) is 6.23. The van der Waals surface area contributed by atoms with E-state index in [9.17, 15) is 9.59 Å². The van der Waals surface area contributed by atoms with E-state index >= 15 is 0 Å². The number of anilines is 1. The summed E-state index contributed by atoms with van der Waals surface area (Å²) in [7, 11) is 0. The molecule has 1 aromatic carbocycles. The smallest absolute Gasteiger partial charge is 0.240 e. The predicted octanol–water partition coefficient (Wildman–Crippen LogP) is 3.22. The minimum absolute atomic E-state index is 0.0999. The highest BCUT2D eigenvalue weighted by Gasteiger charge is 2.31. The third-order valence-electron chi connectivity index (χ3n) is 3.20. The molecule has 1 heterocycles. The highest BCUT2D eigenvalue weighted by molar-refractivity contribution is 8.15. The van der Waals surface area contributed by atoms with E-state index in [2.05, 4.69) is 29.5 Å². The Morgan fingerprint density at radius 3 is 2.87 bits per heavy atom. The maximum absolute atomic E-state index is 12.1. The summed E-state index contributed by atoms with van der Waals surface area (Å²) < 4.78 is 0. The zero-order valence-corrected chi connectivity index (χ0v) is 14.9. The Morgan fingerprint density at radius 2 is 2.22 bits per heavy atom. The van der Waals surface area contributed by atoms with Crippen LogP contribution in [0, 0.1) is 12.8 Å². The first-order valence-electron chi connectivity index (χ1n) is 7.43. The van der Waals surface area contributed by atoms with Crippen LogP contribution in [0.3, 0.4) is 0 Å². The van der Waals surface area contributed by atoms with Gasteiger partial charge in [0.1, 0.15) is 5.25 Å². The number of aliphatic imine (C=N–C) groups is 1. The number of halogens is 1. The number of hydrogen-bond acceptors (Lipinski definition) is 4. The van der Waals surface area contributed by atoms with Gasteiger partial charge in [-0.2, -0.15) is 0 Å². The van der Waals surface area contributed by atoms with E-state index in [1.807, 2.05) is 13.0 Å². The Morgan fingerprint density at radius 1 is 1.48 bits per heavy atom. The number of aryl methyl sites for hydroxylation is 1. The molecule has 7 heteroatoms. The molecule has 23 heavy (non-hydrogen) atoms. The molecule has 0 radical (unpaired) electrons. The highest BCUT2D eigenvalue weighted by Crippen LogP contribution is 2.24. The average Bonchev–Trinajstić information content (AvgIpc) is 2.81. The molecule has 2 rings (SSSR count). The number of benzene rings is 1. The monoisotopic (exact) mass is 353 g/mol. The number of amides is 2. The Labute approximate surface area is 145 Å². The van der Waals surface area contributed by atoms with Crippen LogP contribution >= 0.6 is 23.4 Å². The number of thioether (sulfide) groups is 1. The maximum Gasteiger partial charge on any atom is 0.240 e. The van der Waals surface area contributed by atoms with Crippen molar-refractivity contribution in [2.75, 3.05) is 11.9 Å². The van der Waals surface area contributed by atoms with Gasteiger partial charge in [0, 0.05) is 23.7 Å². The number of nitrogens with one attached hydrogen (secondary N) is 2. The maximum atomic E-state index is 12.1. The molecular formula is C16H20ClN3O2S. The zero-order valence-electron chi connectivity index (χ0n) is 13.4. The minimum atomic E-state index is -0.443. The summed E-state index contributed by atoms with van der Waals surface area (Å²) in [6, 6.07) is 5.33. The molecule has 0 bridgehead atoms. The zero-order chi connectivity index (χ0) is 17.0. The van der Waals surface area contributed by atoms with Crippen LogP contribution < -0.4 is 10.6 Å². The lowest BCUT2D eigenvalue weighted by Gasteiger charge is -2.08. The molecule has 1 aliphatic rings. The van der Waals surface area contributed by atoms with Crippen LogP contribution in [0.1, 0.15) is 25.8 Å². The average molecular weight is 354 g/mol. The second-order valence-electron chi connectivity index (χ2n) is 5.85. The van der Waals surface area contributed by atoms with Crippen molar-refractivity contribution in [1.29, 1.82) is 0 Å². The molecule has 124 valence electrons. The Hall–Kier alpha value is -1.53. The fourth-order valence-electron chi connectivity index (χ4n) is 1.93. The second kappa shape index (κ2) is 7.84. The van der Waals surface area contributed by atoms with E-state index < -0.39 is 5.25 Å². The summed E-state index contributed by atoms with van der Waals surface area (Å²) in [6.07, 6.45) is 0.0999.